The van der Waals surface area contributed by atoms with Gasteiger partial charge in [-0.3, -0.25) is 14.2 Å². The Labute approximate surface area is 179 Å². The molecule has 0 aliphatic carbocycles. The number of hydrogen-bond acceptors (Lipinski definition) is 12. The molecule has 0 amide bonds. The van der Waals surface area contributed by atoms with Crippen molar-refractivity contribution in [3.05, 3.63) is 28.5 Å². The van der Waals surface area contributed by atoms with Crippen LogP contribution in [0, 0.1) is 0 Å². The third-order valence-corrected chi connectivity index (χ3v) is 4.92. The number of ether oxygens (including phenoxy) is 3. The fraction of sp³-hybridized carbons (Fsp3) is 0.444. The molecule has 4 rings (SSSR count). The van der Waals surface area contributed by atoms with Crippen molar-refractivity contribution >= 4 is 29.1 Å². The zero-order chi connectivity index (χ0) is 23.0. The van der Waals surface area contributed by atoms with Crippen molar-refractivity contribution in [1.29, 1.82) is 0 Å². The van der Waals surface area contributed by atoms with Gasteiger partial charge in [-0.15, -0.1) is 0 Å². The van der Waals surface area contributed by atoms with E-state index in [1.807, 2.05) is 0 Å². The SMILES string of the molecule is COC(=O)C[C@@H]1C[C@@H](OC(C)=O)[C@H](n2c(=O)n(Cc3cc(O)no3)c3cnc(N)nc32)O1. The maximum Gasteiger partial charge on any atom is 0.333 e. The summed E-state index contributed by atoms with van der Waals surface area (Å²) in [6.45, 7) is 1.13. The summed E-state index contributed by atoms with van der Waals surface area (Å²) in [5.74, 6) is -1.31. The Bertz CT molecular complexity index is 1230. The first-order valence-corrected chi connectivity index (χ1v) is 9.54. The van der Waals surface area contributed by atoms with Crippen LogP contribution in [0.3, 0.4) is 0 Å². The molecule has 170 valence electrons. The summed E-state index contributed by atoms with van der Waals surface area (Å²) >= 11 is 0. The van der Waals surface area contributed by atoms with E-state index in [2.05, 4.69) is 19.9 Å². The number of nitrogen functional groups attached to an aromatic ring is 1. The van der Waals surface area contributed by atoms with Crippen molar-refractivity contribution in [1.82, 2.24) is 24.3 Å². The molecular formula is C18H20N6O8. The van der Waals surface area contributed by atoms with Gasteiger partial charge in [0.15, 0.2) is 17.6 Å². The molecule has 32 heavy (non-hydrogen) atoms. The lowest BCUT2D eigenvalue weighted by Gasteiger charge is -2.19. The number of nitrogens with zero attached hydrogens (tertiary/aromatic N) is 5. The number of hydrogen-bond donors (Lipinski definition) is 2. The fourth-order valence-electron chi connectivity index (χ4n) is 3.65. The molecule has 0 bridgehead atoms. The van der Waals surface area contributed by atoms with Gasteiger partial charge >= 0.3 is 17.6 Å². The number of anilines is 1. The van der Waals surface area contributed by atoms with Gasteiger partial charge in [0.25, 0.3) is 5.88 Å². The van der Waals surface area contributed by atoms with Crippen LogP contribution in [0.2, 0.25) is 0 Å². The maximum atomic E-state index is 13.4. The van der Waals surface area contributed by atoms with Crippen molar-refractivity contribution in [3.63, 3.8) is 0 Å². The number of aromatic nitrogens is 5. The number of carbonyl (C=O) groups is 2. The van der Waals surface area contributed by atoms with E-state index in [4.69, 9.17) is 19.7 Å². The highest BCUT2D eigenvalue weighted by Crippen LogP contribution is 2.34. The van der Waals surface area contributed by atoms with Crippen molar-refractivity contribution in [2.45, 2.75) is 44.7 Å². The van der Waals surface area contributed by atoms with E-state index in [0.717, 1.165) is 0 Å². The van der Waals surface area contributed by atoms with E-state index in [1.54, 1.807) is 0 Å². The molecule has 1 aliphatic heterocycles. The summed E-state index contributed by atoms with van der Waals surface area (Å²) in [7, 11) is 1.25. The minimum absolute atomic E-state index is 0.0890. The Balaban J connectivity index is 1.80. The van der Waals surface area contributed by atoms with E-state index in [-0.39, 0.29) is 42.6 Å². The van der Waals surface area contributed by atoms with Gasteiger partial charge in [0.1, 0.15) is 11.6 Å². The van der Waals surface area contributed by atoms with Crippen LogP contribution in [-0.2, 0) is 30.3 Å². The number of esters is 2. The predicted molar refractivity (Wildman–Crippen MR) is 104 cm³/mol. The van der Waals surface area contributed by atoms with Crippen LogP contribution in [0.15, 0.2) is 21.6 Å². The maximum absolute atomic E-state index is 13.4. The zero-order valence-corrected chi connectivity index (χ0v) is 17.1. The number of fused-ring (bicyclic) bond motifs is 1. The number of nitrogens with two attached hydrogens (primary N) is 1. The largest absolute Gasteiger partial charge is 0.491 e. The van der Waals surface area contributed by atoms with E-state index in [9.17, 15) is 19.5 Å². The molecule has 3 aromatic heterocycles. The van der Waals surface area contributed by atoms with Crippen molar-refractivity contribution in [3.8, 4) is 5.88 Å². The van der Waals surface area contributed by atoms with Gasteiger partial charge in [0, 0.05) is 19.4 Å². The fourth-order valence-corrected chi connectivity index (χ4v) is 3.65. The normalized spacial score (nSPS) is 20.5. The number of imidazole rings is 1. The Hall–Kier alpha value is -3.94. The summed E-state index contributed by atoms with van der Waals surface area (Å²) in [6, 6.07) is 1.26. The molecular weight excluding hydrogens is 428 g/mol. The summed E-state index contributed by atoms with van der Waals surface area (Å²) in [6.07, 6.45) is -1.19. The van der Waals surface area contributed by atoms with Crippen LogP contribution in [-0.4, -0.2) is 60.6 Å². The van der Waals surface area contributed by atoms with E-state index in [1.165, 1.54) is 35.4 Å². The summed E-state index contributed by atoms with van der Waals surface area (Å²) < 4.78 is 23.4. The van der Waals surface area contributed by atoms with Gasteiger partial charge in [-0.2, -0.15) is 4.98 Å². The van der Waals surface area contributed by atoms with Crippen LogP contribution < -0.4 is 11.4 Å². The molecule has 0 radical (unpaired) electrons. The predicted octanol–water partition coefficient (Wildman–Crippen LogP) is -0.301. The van der Waals surface area contributed by atoms with Crippen molar-refractivity contribution in [2.24, 2.45) is 0 Å². The first kappa shape index (κ1) is 21.3. The number of carbonyl (C=O) groups excluding carboxylic acids is 2. The van der Waals surface area contributed by atoms with Crippen molar-refractivity contribution < 1.29 is 33.4 Å². The second-order valence-corrected chi connectivity index (χ2v) is 7.14. The molecule has 3 N–H and O–H groups in total. The lowest BCUT2D eigenvalue weighted by atomic mass is 10.1. The highest BCUT2D eigenvalue weighted by molar-refractivity contribution is 5.72. The third kappa shape index (κ3) is 3.99. The molecule has 3 atom stereocenters. The smallest absolute Gasteiger partial charge is 0.333 e. The highest BCUT2D eigenvalue weighted by Gasteiger charge is 2.42. The van der Waals surface area contributed by atoms with Gasteiger partial charge < -0.3 is 29.6 Å². The molecule has 1 fully saturated rings. The number of aromatic hydroxyl groups is 1. The quantitative estimate of drug-likeness (QED) is 0.469. The third-order valence-electron chi connectivity index (χ3n) is 4.92. The van der Waals surface area contributed by atoms with E-state index >= 15 is 0 Å². The lowest BCUT2D eigenvalue weighted by molar-refractivity contribution is -0.153. The van der Waals surface area contributed by atoms with Gasteiger partial charge in [-0.05, 0) is 5.16 Å². The monoisotopic (exact) mass is 448 g/mol. The van der Waals surface area contributed by atoms with Gasteiger partial charge in [0.05, 0.1) is 32.4 Å². The zero-order valence-electron chi connectivity index (χ0n) is 17.1. The second-order valence-electron chi connectivity index (χ2n) is 7.14. The molecule has 1 saturated heterocycles. The highest BCUT2D eigenvalue weighted by atomic mass is 16.6. The molecule has 0 unspecified atom stereocenters. The van der Waals surface area contributed by atoms with E-state index < -0.39 is 36.1 Å². The van der Waals surface area contributed by atoms with Crippen LogP contribution in [0.5, 0.6) is 5.88 Å². The molecule has 0 aromatic carbocycles. The van der Waals surface area contributed by atoms with Crippen LogP contribution in [0.25, 0.3) is 11.2 Å². The van der Waals surface area contributed by atoms with Gasteiger partial charge in [-0.25, -0.2) is 14.3 Å². The average molecular weight is 448 g/mol. The molecule has 4 heterocycles. The number of rotatable bonds is 6. The average Bonchev–Trinajstić information content (AvgIpc) is 3.38. The Morgan fingerprint density at radius 3 is 2.84 bits per heavy atom. The molecule has 1 aliphatic rings. The number of methoxy groups -OCH3 is 1. The van der Waals surface area contributed by atoms with Crippen molar-refractivity contribution in [2.75, 3.05) is 12.8 Å². The van der Waals surface area contributed by atoms with Gasteiger partial charge in [-0.1, -0.05) is 0 Å². The topological polar surface area (TPSA) is 187 Å². The molecule has 0 saturated carbocycles. The molecule has 14 nitrogen and oxygen atoms in total. The van der Waals surface area contributed by atoms with Gasteiger partial charge in [0.2, 0.25) is 5.95 Å². The second kappa shape index (κ2) is 8.30. The van der Waals surface area contributed by atoms with Crippen LogP contribution in [0.1, 0.15) is 31.8 Å². The lowest BCUT2D eigenvalue weighted by Crippen LogP contribution is -2.33. The summed E-state index contributed by atoms with van der Waals surface area (Å²) in [5, 5.41) is 12.8. The standard InChI is InChI=1S/C18H20N6O8/c1-8(25)30-12-3-9(5-14(27)29-2)31-16(12)24-15-11(6-20-17(19)21-15)23(18(24)28)7-10-4-13(26)22-32-10/h4,6,9,12,16H,3,5,7H2,1-2H3,(H,22,26)(H2,19,20,21)/t9-,12+,16+/m0/s1. The first-order valence-electron chi connectivity index (χ1n) is 9.54. The first-order chi connectivity index (χ1) is 15.3. The van der Waals surface area contributed by atoms with Crippen LogP contribution >= 0.6 is 0 Å². The molecule has 0 spiro atoms. The Morgan fingerprint density at radius 2 is 2.19 bits per heavy atom. The Morgan fingerprint density at radius 1 is 1.41 bits per heavy atom. The minimum atomic E-state index is -1.08. The van der Waals surface area contributed by atoms with E-state index in [0.29, 0.717) is 5.52 Å². The van der Waals surface area contributed by atoms with Crippen LogP contribution in [0.4, 0.5) is 5.95 Å². The summed E-state index contributed by atoms with van der Waals surface area (Å²) in [5.41, 5.74) is 5.58. The molecule has 3 aromatic rings. The molecule has 14 heteroatoms. The summed E-state index contributed by atoms with van der Waals surface area (Å²) in [4.78, 5) is 44.9. The Kier molecular flexibility index (Phi) is 5.52. The minimum Gasteiger partial charge on any atom is -0.491 e.